The van der Waals surface area contributed by atoms with Crippen LogP contribution < -0.4 is 14.8 Å². The van der Waals surface area contributed by atoms with Crippen molar-refractivity contribution < 1.29 is 22.3 Å². The van der Waals surface area contributed by atoms with Gasteiger partial charge in [-0.3, -0.25) is 0 Å². The van der Waals surface area contributed by atoms with Gasteiger partial charge in [0, 0.05) is 23.2 Å². The second kappa shape index (κ2) is 10.7. The first kappa shape index (κ1) is 24.4. The van der Waals surface area contributed by atoms with Gasteiger partial charge in [-0.2, -0.15) is 4.98 Å². The van der Waals surface area contributed by atoms with Gasteiger partial charge in [0.25, 0.3) is 0 Å². The molecule has 0 unspecified atom stereocenters. The van der Waals surface area contributed by atoms with Crippen LogP contribution >= 0.6 is 11.6 Å². The molecular formula is C24H28ClN3O5S. The number of fused-ring (bicyclic) bond motifs is 1. The fourth-order valence-electron chi connectivity index (χ4n) is 3.66. The zero-order chi connectivity index (χ0) is 24.1. The normalized spacial score (nSPS) is 13.3. The summed E-state index contributed by atoms with van der Waals surface area (Å²) in [6, 6.07) is 11.4. The summed E-state index contributed by atoms with van der Waals surface area (Å²) in [5.41, 5.74) is 0.624. The van der Waals surface area contributed by atoms with Crippen LogP contribution in [-0.4, -0.2) is 57.7 Å². The minimum absolute atomic E-state index is 0.0545. The molecular weight excluding hydrogens is 478 g/mol. The van der Waals surface area contributed by atoms with Crippen LogP contribution in [0.5, 0.6) is 11.5 Å². The van der Waals surface area contributed by atoms with E-state index in [4.69, 9.17) is 25.5 Å². The van der Waals surface area contributed by atoms with Crippen LogP contribution in [0.15, 0.2) is 56.8 Å². The zero-order valence-electron chi connectivity index (χ0n) is 19.2. The number of nitrogens with one attached hydrogen (secondary N) is 1. The standard InChI is InChI=1S/C24H28ClN3O5S/c1-3-28(4-2)13-5-12-26-23-24(27-22(33-23)17-6-8-18(25)9-7-17)34(29,30)19-10-11-20-21(16-19)32-15-14-31-20/h6-11,16,26H,3-5,12-15H2,1-2H3. The number of rotatable bonds is 10. The Hall–Kier alpha value is -2.75. The first-order valence-electron chi connectivity index (χ1n) is 11.3. The van der Waals surface area contributed by atoms with Gasteiger partial charge in [0.1, 0.15) is 13.2 Å². The fourth-order valence-corrected chi connectivity index (χ4v) is 5.08. The topological polar surface area (TPSA) is 93.9 Å². The molecule has 1 aromatic heterocycles. The van der Waals surface area contributed by atoms with Crippen molar-refractivity contribution in [1.29, 1.82) is 0 Å². The molecule has 0 fully saturated rings. The van der Waals surface area contributed by atoms with Crippen molar-refractivity contribution >= 4 is 27.3 Å². The summed E-state index contributed by atoms with van der Waals surface area (Å²) in [5.74, 6) is 1.21. The van der Waals surface area contributed by atoms with Crippen LogP contribution in [0.25, 0.3) is 11.5 Å². The molecule has 1 N–H and O–H groups in total. The molecule has 0 atom stereocenters. The zero-order valence-corrected chi connectivity index (χ0v) is 20.8. The summed E-state index contributed by atoms with van der Waals surface area (Å²) >= 11 is 5.99. The van der Waals surface area contributed by atoms with E-state index in [1.165, 1.54) is 12.1 Å². The van der Waals surface area contributed by atoms with Gasteiger partial charge in [-0.15, -0.1) is 0 Å². The monoisotopic (exact) mass is 505 g/mol. The maximum Gasteiger partial charge on any atom is 0.233 e. The molecule has 0 spiro atoms. The van der Waals surface area contributed by atoms with Crippen LogP contribution in [0.2, 0.25) is 5.02 Å². The van der Waals surface area contributed by atoms with E-state index in [0.29, 0.717) is 41.8 Å². The fraction of sp³-hybridized carbons (Fsp3) is 0.375. The Morgan fingerprint density at radius 3 is 2.44 bits per heavy atom. The third kappa shape index (κ3) is 5.32. The lowest BCUT2D eigenvalue weighted by molar-refractivity contribution is 0.171. The number of nitrogens with zero attached hydrogens (tertiary/aromatic N) is 2. The SMILES string of the molecule is CCN(CC)CCCNc1oc(-c2ccc(Cl)cc2)nc1S(=O)(=O)c1ccc2c(c1)OCCO2. The molecule has 4 rings (SSSR count). The highest BCUT2D eigenvalue weighted by Crippen LogP contribution is 2.37. The van der Waals surface area contributed by atoms with Gasteiger partial charge in [0.05, 0.1) is 4.90 Å². The number of anilines is 1. The lowest BCUT2D eigenvalue weighted by Crippen LogP contribution is -2.25. The van der Waals surface area contributed by atoms with Crippen molar-refractivity contribution in [2.24, 2.45) is 0 Å². The third-order valence-corrected chi connectivity index (χ3v) is 7.51. The van der Waals surface area contributed by atoms with E-state index in [1.54, 1.807) is 30.3 Å². The molecule has 0 aliphatic carbocycles. The first-order valence-corrected chi connectivity index (χ1v) is 13.2. The van der Waals surface area contributed by atoms with Crippen molar-refractivity contribution in [3.05, 3.63) is 47.5 Å². The summed E-state index contributed by atoms with van der Waals surface area (Å²) in [5, 5.41) is 3.53. The second-order valence-electron chi connectivity index (χ2n) is 7.78. The van der Waals surface area contributed by atoms with Gasteiger partial charge in [0.15, 0.2) is 11.5 Å². The van der Waals surface area contributed by atoms with Gasteiger partial charge in [-0.05, 0) is 62.5 Å². The van der Waals surface area contributed by atoms with Crippen LogP contribution in [0.1, 0.15) is 20.3 Å². The molecule has 0 saturated heterocycles. The van der Waals surface area contributed by atoms with Crippen molar-refractivity contribution in [3.63, 3.8) is 0 Å². The van der Waals surface area contributed by atoms with Gasteiger partial charge >= 0.3 is 0 Å². The molecule has 8 nitrogen and oxygen atoms in total. The van der Waals surface area contributed by atoms with E-state index in [0.717, 1.165) is 26.1 Å². The molecule has 34 heavy (non-hydrogen) atoms. The Kier molecular flexibility index (Phi) is 7.65. The van der Waals surface area contributed by atoms with Gasteiger partial charge in [0.2, 0.25) is 26.6 Å². The van der Waals surface area contributed by atoms with Gasteiger partial charge < -0.3 is 24.1 Å². The van der Waals surface area contributed by atoms with E-state index < -0.39 is 9.84 Å². The van der Waals surface area contributed by atoms with E-state index in [-0.39, 0.29) is 21.7 Å². The summed E-state index contributed by atoms with van der Waals surface area (Å²) in [4.78, 5) is 6.73. The maximum absolute atomic E-state index is 13.6. The number of oxazole rings is 1. The highest BCUT2D eigenvalue weighted by atomic mass is 35.5. The molecule has 3 aromatic rings. The highest BCUT2D eigenvalue weighted by Gasteiger charge is 2.30. The van der Waals surface area contributed by atoms with Crippen molar-refractivity contribution in [3.8, 4) is 23.0 Å². The molecule has 0 amide bonds. The third-order valence-electron chi connectivity index (χ3n) is 5.60. The van der Waals surface area contributed by atoms with Gasteiger partial charge in [-0.1, -0.05) is 25.4 Å². The molecule has 1 aliphatic heterocycles. The summed E-state index contributed by atoms with van der Waals surface area (Å²) in [6.45, 7) is 8.37. The van der Waals surface area contributed by atoms with Gasteiger partial charge in [-0.25, -0.2) is 8.42 Å². The molecule has 182 valence electrons. The van der Waals surface area contributed by atoms with Crippen LogP contribution in [-0.2, 0) is 9.84 Å². The lowest BCUT2D eigenvalue weighted by Gasteiger charge is -2.18. The second-order valence-corrected chi connectivity index (χ2v) is 10.1. The number of hydrogen-bond donors (Lipinski definition) is 1. The number of sulfone groups is 1. The van der Waals surface area contributed by atoms with E-state index in [2.05, 4.69) is 29.0 Å². The number of benzene rings is 2. The minimum atomic E-state index is -4.00. The van der Waals surface area contributed by atoms with E-state index in [9.17, 15) is 8.42 Å². The molecule has 10 heteroatoms. The first-order chi connectivity index (χ1) is 16.4. The van der Waals surface area contributed by atoms with Crippen molar-refractivity contribution in [2.75, 3.05) is 44.7 Å². The predicted octanol–water partition coefficient (Wildman–Crippen LogP) is 4.74. The molecule has 1 aliphatic rings. The summed E-state index contributed by atoms with van der Waals surface area (Å²) < 4.78 is 44.2. The molecule has 2 aromatic carbocycles. The van der Waals surface area contributed by atoms with Crippen molar-refractivity contribution in [2.45, 2.75) is 30.2 Å². The van der Waals surface area contributed by atoms with E-state index in [1.807, 2.05) is 0 Å². The Morgan fingerprint density at radius 2 is 1.74 bits per heavy atom. The summed E-state index contributed by atoms with van der Waals surface area (Å²) in [7, 11) is -4.00. The smallest absolute Gasteiger partial charge is 0.233 e. The number of hydrogen-bond acceptors (Lipinski definition) is 8. The average Bonchev–Trinajstić information content (AvgIpc) is 3.29. The molecule has 0 bridgehead atoms. The Morgan fingerprint density at radius 1 is 1.03 bits per heavy atom. The number of halogens is 1. The van der Waals surface area contributed by atoms with Crippen LogP contribution in [0, 0.1) is 0 Å². The van der Waals surface area contributed by atoms with Crippen LogP contribution in [0.3, 0.4) is 0 Å². The molecule has 0 radical (unpaired) electrons. The minimum Gasteiger partial charge on any atom is -0.486 e. The maximum atomic E-state index is 13.6. The van der Waals surface area contributed by atoms with E-state index >= 15 is 0 Å². The Bertz CT molecular complexity index is 1220. The predicted molar refractivity (Wildman–Crippen MR) is 131 cm³/mol. The molecule has 2 heterocycles. The Labute approximate surface area is 204 Å². The highest BCUT2D eigenvalue weighted by molar-refractivity contribution is 7.91. The number of aromatic nitrogens is 1. The quantitative estimate of drug-likeness (QED) is 0.395. The lowest BCUT2D eigenvalue weighted by atomic mass is 10.2. The molecule has 0 saturated carbocycles. The average molecular weight is 506 g/mol. The largest absolute Gasteiger partial charge is 0.486 e. The van der Waals surface area contributed by atoms with Crippen molar-refractivity contribution in [1.82, 2.24) is 9.88 Å². The number of ether oxygens (including phenoxy) is 2. The summed E-state index contributed by atoms with van der Waals surface area (Å²) in [6.07, 6.45) is 0.822. The van der Waals surface area contributed by atoms with Crippen LogP contribution in [0.4, 0.5) is 5.88 Å². The Balaban J connectivity index is 1.65.